The number of anilines is 1. The largest absolute Gasteiger partial charge is 0.471 e. The first kappa shape index (κ1) is 22.8. The van der Waals surface area contributed by atoms with Crippen molar-refractivity contribution < 1.29 is 19.2 Å². The minimum atomic E-state index is -0.554. The number of benzene rings is 3. The number of nitro benzene ring substituents is 1. The molecular formula is C24H19ClN4O5. The molecule has 0 aliphatic carbocycles. The maximum atomic E-state index is 12.9. The van der Waals surface area contributed by atoms with Crippen LogP contribution >= 0.6 is 11.6 Å². The second-order valence-electron chi connectivity index (χ2n) is 7.29. The van der Waals surface area contributed by atoms with E-state index in [2.05, 4.69) is 10.4 Å². The van der Waals surface area contributed by atoms with Gasteiger partial charge in [0, 0.05) is 23.4 Å². The van der Waals surface area contributed by atoms with Crippen molar-refractivity contribution in [2.45, 2.75) is 13.7 Å². The van der Waals surface area contributed by atoms with E-state index in [-0.39, 0.29) is 29.5 Å². The highest BCUT2D eigenvalue weighted by atomic mass is 35.5. The summed E-state index contributed by atoms with van der Waals surface area (Å²) in [6.07, 6.45) is 1.46. The summed E-state index contributed by atoms with van der Waals surface area (Å²) in [7, 11) is 0. The quantitative estimate of drug-likeness (QED) is 0.252. The summed E-state index contributed by atoms with van der Waals surface area (Å²) in [5.41, 5.74) is 1.24. The fourth-order valence-corrected chi connectivity index (χ4v) is 3.18. The minimum Gasteiger partial charge on any atom is -0.471 e. The van der Waals surface area contributed by atoms with Crippen molar-refractivity contribution in [2.75, 3.05) is 5.32 Å². The smallest absolute Gasteiger partial charge is 0.275 e. The summed E-state index contributed by atoms with van der Waals surface area (Å²) >= 11 is 5.87. The van der Waals surface area contributed by atoms with Gasteiger partial charge in [-0.3, -0.25) is 14.9 Å². The van der Waals surface area contributed by atoms with Gasteiger partial charge in [0.15, 0.2) is 6.73 Å². The van der Waals surface area contributed by atoms with Gasteiger partial charge in [-0.05, 0) is 49.4 Å². The van der Waals surface area contributed by atoms with Crippen LogP contribution in [0.25, 0.3) is 0 Å². The van der Waals surface area contributed by atoms with Gasteiger partial charge in [-0.1, -0.05) is 29.3 Å². The Labute approximate surface area is 199 Å². The van der Waals surface area contributed by atoms with E-state index in [1.54, 1.807) is 36.4 Å². The van der Waals surface area contributed by atoms with Crippen LogP contribution < -0.4 is 14.8 Å². The van der Waals surface area contributed by atoms with Gasteiger partial charge >= 0.3 is 0 Å². The molecule has 0 atom stereocenters. The van der Waals surface area contributed by atoms with Crippen LogP contribution in [0, 0.1) is 17.0 Å². The lowest BCUT2D eigenvalue weighted by Crippen LogP contribution is -2.19. The molecule has 1 N–H and O–H groups in total. The molecule has 0 aliphatic heterocycles. The van der Waals surface area contributed by atoms with Crippen LogP contribution in [0.5, 0.6) is 17.2 Å². The molecule has 0 aliphatic rings. The number of halogens is 1. The third-order valence-electron chi connectivity index (χ3n) is 4.73. The Morgan fingerprint density at radius 1 is 1.03 bits per heavy atom. The number of non-ortho nitro benzene ring substituents is 1. The summed E-state index contributed by atoms with van der Waals surface area (Å²) in [5, 5.41) is 18.8. The lowest BCUT2D eigenvalue weighted by molar-refractivity contribution is -0.384. The van der Waals surface area contributed by atoms with E-state index < -0.39 is 10.8 Å². The van der Waals surface area contributed by atoms with Crippen LogP contribution in [-0.2, 0) is 6.73 Å². The summed E-state index contributed by atoms with van der Waals surface area (Å²) in [6.45, 7) is 1.92. The van der Waals surface area contributed by atoms with Crippen molar-refractivity contribution in [1.29, 1.82) is 0 Å². The van der Waals surface area contributed by atoms with Crippen molar-refractivity contribution in [2.24, 2.45) is 0 Å². The Morgan fingerprint density at radius 2 is 1.74 bits per heavy atom. The normalized spacial score (nSPS) is 10.5. The van der Waals surface area contributed by atoms with Crippen LogP contribution in [0.4, 0.5) is 11.4 Å². The number of nitrogens with zero attached hydrogens (tertiary/aromatic N) is 3. The van der Waals surface area contributed by atoms with E-state index >= 15 is 0 Å². The summed E-state index contributed by atoms with van der Waals surface area (Å²) < 4.78 is 12.8. The van der Waals surface area contributed by atoms with E-state index in [0.29, 0.717) is 16.5 Å². The number of carbonyl (C=O) groups excluding carboxylic acids is 1. The molecule has 172 valence electrons. The minimum absolute atomic E-state index is 0.0197. The molecule has 0 saturated carbocycles. The van der Waals surface area contributed by atoms with Gasteiger partial charge in [-0.25, -0.2) is 4.68 Å². The molecule has 4 rings (SSSR count). The van der Waals surface area contributed by atoms with Gasteiger partial charge in [-0.15, -0.1) is 0 Å². The van der Waals surface area contributed by atoms with Crippen LogP contribution in [0.1, 0.15) is 16.1 Å². The molecule has 1 aromatic heterocycles. The number of hydrogen-bond acceptors (Lipinski definition) is 6. The van der Waals surface area contributed by atoms with Crippen molar-refractivity contribution in [3.8, 4) is 17.2 Å². The topological polar surface area (TPSA) is 109 Å². The fraction of sp³-hybridized carbons (Fsp3) is 0.0833. The zero-order chi connectivity index (χ0) is 24.1. The monoisotopic (exact) mass is 478 g/mol. The third kappa shape index (κ3) is 5.70. The van der Waals surface area contributed by atoms with E-state index in [9.17, 15) is 14.9 Å². The Balaban J connectivity index is 1.50. The molecular weight excluding hydrogens is 460 g/mol. The van der Waals surface area contributed by atoms with Crippen molar-refractivity contribution in [3.05, 3.63) is 105 Å². The Kier molecular flexibility index (Phi) is 6.74. The zero-order valence-corrected chi connectivity index (χ0v) is 18.7. The van der Waals surface area contributed by atoms with Crippen LogP contribution in [0.3, 0.4) is 0 Å². The maximum Gasteiger partial charge on any atom is 0.275 e. The predicted octanol–water partition coefficient (Wildman–Crippen LogP) is 5.83. The number of aromatic nitrogens is 2. The standard InChI is InChI=1S/C24H19ClN4O5/c1-16-2-6-21(7-3-16)34-22-13-18(12-19(14-22)29(31)32)27-24(30)23-10-11-26-28(23)15-33-20-8-4-17(25)5-9-20/h2-14H,15H2,1H3,(H,27,30). The average Bonchev–Trinajstić information content (AvgIpc) is 3.29. The molecule has 1 amide bonds. The molecule has 0 radical (unpaired) electrons. The van der Waals surface area contributed by atoms with Crippen molar-refractivity contribution in [3.63, 3.8) is 0 Å². The van der Waals surface area contributed by atoms with Crippen molar-refractivity contribution >= 4 is 28.9 Å². The van der Waals surface area contributed by atoms with Gasteiger partial charge in [0.2, 0.25) is 0 Å². The number of aryl methyl sites for hydroxylation is 1. The molecule has 1 heterocycles. The number of amides is 1. The summed E-state index contributed by atoms with van der Waals surface area (Å²) in [6, 6.07) is 19.6. The fourth-order valence-electron chi connectivity index (χ4n) is 3.05. The lowest BCUT2D eigenvalue weighted by atomic mass is 10.2. The number of nitrogens with one attached hydrogen (secondary N) is 1. The summed E-state index contributed by atoms with van der Waals surface area (Å²) in [5.74, 6) is 0.774. The van der Waals surface area contributed by atoms with E-state index in [1.165, 1.54) is 35.1 Å². The van der Waals surface area contributed by atoms with Gasteiger partial charge in [-0.2, -0.15) is 5.10 Å². The molecule has 0 unspecified atom stereocenters. The Bertz CT molecular complexity index is 1320. The molecule has 4 aromatic rings. The molecule has 34 heavy (non-hydrogen) atoms. The second-order valence-corrected chi connectivity index (χ2v) is 7.72. The number of carbonyl (C=O) groups is 1. The average molecular weight is 479 g/mol. The third-order valence-corrected chi connectivity index (χ3v) is 4.98. The van der Waals surface area contributed by atoms with Gasteiger partial charge in [0.25, 0.3) is 11.6 Å². The number of rotatable bonds is 8. The van der Waals surface area contributed by atoms with E-state index in [0.717, 1.165) is 5.56 Å². The maximum absolute atomic E-state index is 12.9. The van der Waals surface area contributed by atoms with Gasteiger partial charge in [0.1, 0.15) is 22.9 Å². The summed E-state index contributed by atoms with van der Waals surface area (Å²) in [4.78, 5) is 23.7. The predicted molar refractivity (Wildman–Crippen MR) is 127 cm³/mol. The SMILES string of the molecule is Cc1ccc(Oc2cc(NC(=O)c3ccnn3COc3ccc(Cl)cc3)cc([N+](=O)[O-])c2)cc1. The van der Waals surface area contributed by atoms with E-state index in [4.69, 9.17) is 21.1 Å². The Hall–Kier alpha value is -4.37. The first-order chi connectivity index (χ1) is 16.4. The first-order valence-corrected chi connectivity index (χ1v) is 10.5. The molecule has 3 aromatic carbocycles. The highest BCUT2D eigenvalue weighted by Crippen LogP contribution is 2.30. The molecule has 10 heteroatoms. The van der Waals surface area contributed by atoms with Crippen molar-refractivity contribution in [1.82, 2.24) is 9.78 Å². The zero-order valence-electron chi connectivity index (χ0n) is 18.0. The van der Waals surface area contributed by atoms with Gasteiger partial charge < -0.3 is 14.8 Å². The first-order valence-electron chi connectivity index (χ1n) is 10.1. The molecule has 0 bridgehead atoms. The van der Waals surface area contributed by atoms with Crippen LogP contribution in [0.15, 0.2) is 79.0 Å². The lowest BCUT2D eigenvalue weighted by Gasteiger charge is -2.11. The number of hydrogen-bond donors (Lipinski definition) is 1. The molecule has 9 nitrogen and oxygen atoms in total. The number of nitro groups is 1. The Morgan fingerprint density at radius 3 is 2.44 bits per heavy atom. The highest BCUT2D eigenvalue weighted by Gasteiger charge is 2.17. The second kappa shape index (κ2) is 10.1. The van der Waals surface area contributed by atoms with E-state index in [1.807, 2.05) is 19.1 Å². The van der Waals surface area contributed by atoms with Crippen LogP contribution in [0.2, 0.25) is 5.02 Å². The highest BCUT2D eigenvalue weighted by molar-refractivity contribution is 6.30. The van der Waals surface area contributed by atoms with Gasteiger partial charge in [0.05, 0.1) is 16.7 Å². The molecule has 0 fully saturated rings. The number of ether oxygens (including phenoxy) is 2. The molecule has 0 spiro atoms. The molecule has 0 saturated heterocycles. The van der Waals surface area contributed by atoms with Crippen LogP contribution in [-0.4, -0.2) is 20.6 Å².